The molecule has 0 atom stereocenters. The molecule has 0 unspecified atom stereocenters. The molecule has 8 heteroatoms. The standard InChI is InChI=1S/C11H11BrN4O2S/c12-9-3-1-2-4-10(9)16-19(17,18)8-5-6-14-11(7-8)15-13/h1-7,16H,13H2,(H,14,15). The molecule has 1 aromatic heterocycles. The maximum absolute atomic E-state index is 12.2. The first kappa shape index (κ1) is 13.8. The summed E-state index contributed by atoms with van der Waals surface area (Å²) in [4.78, 5) is 3.93. The summed E-state index contributed by atoms with van der Waals surface area (Å²) >= 11 is 3.28. The molecule has 0 aliphatic rings. The number of pyridine rings is 1. The number of nitrogens with zero attached hydrogens (tertiary/aromatic N) is 1. The molecule has 1 heterocycles. The van der Waals surface area contributed by atoms with Crippen molar-refractivity contribution in [3.63, 3.8) is 0 Å². The SMILES string of the molecule is NNc1cc(S(=O)(=O)Nc2ccccc2Br)ccn1. The maximum Gasteiger partial charge on any atom is 0.262 e. The van der Waals surface area contributed by atoms with Crippen LogP contribution in [0, 0.1) is 0 Å². The fourth-order valence-corrected chi connectivity index (χ4v) is 3.01. The number of nitrogens with one attached hydrogen (secondary N) is 2. The van der Waals surface area contributed by atoms with Gasteiger partial charge < -0.3 is 5.43 Å². The second-order valence-corrected chi connectivity index (χ2v) is 6.14. The van der Waals surface area contributed by atoms with E-state index < -0.39 is 10.0 Å². The molecule has 1 aromatic carbocycles. The van der Waals surface area contributed by atoms with Crippen molar-refractivity contribution in [1.82, 2.24) is 4.98 Å². The highest BCUT2D eigenvalue weighted by molar-refractivity contribution is 9.10. The van der Waals surface area contributed by atoms with Crippen LogP contribution in [0.2, 0.25) is 0 Å². The van der Waals surface area contributed by atoms with Crippen LogP contribution in [-0.2, 0) is 10.0 Å². The van der Waals surface area contributed by atoms with Crippen LogP contribution >= 0.6 is 15.9 Å². The van der Waals surface area contributed by atoms with Gasteiger partial charge in [-0.05, 0) is 34.1 Å². The van der Waals surface area contributed by atoms with Gasteiger partial charge in [0.2, 0.25) is 0 Å². The fourth-order valence-electron chi connectivity index (χ4n) is 1.40. The smallest absolute Gasteiger partial charge is 0.262 e. The Kier molecular flexibility index (Phi) is 4.03. The lowest BCUT2D eigenvalue weighted by Crippen LogP contribution is -2.15. The Labute approximate surface area is 119 Å². The van der Waals surface area contributed by atoms with Crippen molar-refractivity contribution in [3.05, 3.63) is 47.1 Å². The number of nitrogens with two attached hydrogens (primary N) is 1. The fraction of sp³-hybridized carbons (Fsp3) is 0. The molecule has 2 rings (SSSR count). The van der Waals surface area contributed by atoms with Gasteiger partial charge in [0, 0.05) is 16.7 Å². The number of nitrogen functional groups attached to an aromatic ring is 1. The van der Waals surface area contributed by atoms with E-state index in [0.29, 0.717) is 10.2 Å². The number of rotatable bonds is 4. The average molecular weight is 343 g/mol. The zero-order valence-electron chi connectivity index (χ0n) is 9.67. The predicted molar refractivity (Wildman–Crippen MR) is 77.0 cm³/mol. The average Bonchev–Trinajstić information content (AvgIpc) is 2.41. The number of halogens is 1. The Hall–Kier alpha value is -1.64. The van der Waals surface area contributed by atoms with Gasteiger partial charge in [-0.15, -0.1) is 0 Å². The number of hydrogen-bond donors (Lipinski definition) is 3. The number of para-hydroxylation sites is 1. The second kappa shape index (κ2) is 5.55. The molecule has 0 saturated heterocycles. The van der Waals surface area contributed by atoms with Crippen molar-refractivity contribution in [3.8, 4) is 0 Å². The summed E-state index contributed by atoms with van der Waals surface area (Å²) in [5.74, 6) is 5.48. The van der Waals surface area contributed by atoms with Crippen LogP contribution in [0.5, 0.6) is 0 Å². The van der Waals surface area contributed by atoms with E-state index in [1.54, 1.807) is 24.3 Å². The van der Waals surface area contributed by atoms with Crippen LogP contribution in [0.15, 0.2) is 52.0 Å². The first-order chi connectivity index (χ1) is 9.03. The number of aromatic nitrogens is 1. The summed E-state index contributed by atoms with van der Waals surface area (Å²) in [6, 6.07) is 9.67. The third-order valence-electron chi connectivity index (χ3n) is 2.31. The van der Waals surface area contributed by atoms with Crippen molar-refractivity contribution in [1.29, 1.82) is 0 Å². The van der Waals surface area contributed by atoms with Gasteiger partial charge in [0.1, 0.15) is 5.82 Å². The van der Waals surface area contributed by atoms with Crippen LogP contribution in [-0.4, -0.2) is 13.4 Å². The lowest BCUT2D eigenvalue weighted by Gasteiger charge is -2.10. The number of sulfonamides is 1. The highest BCUT2D eigenvalue weighted by Crippen LogP contribution is 2.24. The third-order valence-corrected chi connectivity index (χ3v) is 4.36. The summed E-state index contributed by atoms with van der Waals surface area (Å²) in [6.07, 6.45) is 1.36. The van der Waals surface area contributed by atoms with Gasteiger partial charge in [0.25, 0.3) is 10.0 Å². The van der Waals surface area contributed by atoms with Crippen molar-refractivity contribution in [2.75, 3.05) is 10.1 Å². The van der Waals surface area contributed by atoms with E-state index in [1.165, 1.54) is 18.3 Å². The van der Waals surface area contributed by atoms with Crippen molar-refractivity contribution in [2.24, 2.45) is 5.84 Å². The number of hydrogen-bond acceptors (Lipinski definition) is 5. The van der Waals surface area contributed by atoms with E-state index in [2.05, 4.69) is 31.1 Å². The molecule has 0 spiro atoms. The Morgan fingerprint density at radius 2 is 1.95 bits per heavy atom. The van der Waals surface area contributed by atoms with Crippen LogP contribution < -0.4 is 16.0 Å². The summed E-state index contributed by atoms with van der Waals surface area (Å²) in [7, 11) is -3.68. The third kappa shape index (κ3) is 3.22. The number of hydrazine groups is 1. The highest BCUT2D eigenvalue weighted by atomic mass is 79.9. The zero-order chi connectivity index (χ0) is 13.9. The topological polar surface area (TPSA) is 97.1 Å². The van der Waals surface area contributed by atoms with Gasteiger partial charge in [-0.3, -0.25) is 4.72 Å². The Balaban J connectivity index is 2.35. The highest BCUT2D eigenvalue weighted by Gasteiger charge is 2.16. The van der Waals surface area contributed by atoms with Crippen LogP contribution in [0.3, 0.4) is 0 Å². The van der Waals surface area contributed by atoms with Crippen LogP contribution in [0.25, 0.3) is 0 Å². The van der Waals surface area contributed by atoms with Crippen molar-refractivity contribution >= 4 is 37.5 Å². The molecule has 100 valence electrons. The number of anilines is 2. The molecule has 19 heavy (non-hydrogen) atoms. The van der Waals surface area contributed by atoms with Gasteiger partial charge in [0.15, 0.2) is 0 Å². The van der Waals surface area contributed by atoms with Crippen molar-refractivity contribution in [2.45, 2.75) is 4.90 Å². The minimum atomic E-state index is -3.68. The predicted octanol–water partition coefficient (Wildman–Crippen LogP) is 1.93. The summed E-state index contributed by atoms with van der Waals surface area (Å²) in [5, 5.41) is 0. The van der Waals surface area contributed by atoms with Gasteiger partial charge in [-0.1, -0.05) is 12.1 Å². The van der Waals surface area contributed by atoms with Crippen molar-refractivity contribution < 1.29 is 8.42 Å². The van der Waals surface area contributed by atoms with Gasteiger partial charge in [-0.2, -0.15) is 0 Å². The van der Waals surface area contributed by atoms with Crippen LogP contribution in [0.1, 0.15) is 0 Å². The quantitative estimate of drug-likeness (QED) is 0.582. The molecule has 0 saturated carbocycles. The monoisotopic (exact) mass is 342 g/mol. The minimum absolute atomic E-state index is 0.0752. The largest absolute Gasteiger partial charge is 0.308 e. The maximum atomic E-state index is 12.2. The van der Waals surface area contributed by atoms with Gasteiger partial charge in [-0.25, -0.2) is 19.2 Å². The molecule has 4 N–H and O–H groups in total. The zero-order valence-corrected chi connectivity index (χ0v) is 12.1. The van der Waals surface area contributed by atoms with Crippen LogP contribution in [0.4, 0.5) is 11.5 Å². The van der Waals surface area contributed by atoms with E-state index in [-0.39, 0.29) is 10.7 Å². The van der Waals surface area contributed by atoms with E-state index in [1.807, 2.05) is 0 Å². The van der Waals surface area contributed by atoms with E-state index in [4.69, 9.17) is 5.84 Å². The molecule has 2 aromatic rings. The molecular formula is C11H11BrN4O2S. The summed E-state index contributed by atoms with van der Waals surface area (Å²) in [6.45, 7) is 0. The Morgan fingerprint density at radius 3 is 2.63 bits per heavy atom. The van der Waals surface area contributed by atoms with E-state index in [0.717, 1.165) is 0 Å². The molecule has 0 bridgehead atoms. The Bertz CT molecular complexity index is 691. The lowest BCUT2D eigenvalue weighted by molar-refractivity contribution is 0.601. The molecule has 0 aliphatic carbocycles. The van der Waals surface area contributed by atoms with E-state index >= 15 is 0 Å². The first-order valence-electron chi connectivity index (χ1n) is 5.23. The lowest BCUT2D eigenvalue weighted by atomic mass is 10.3. The molecule has 0 amide bonds. The molecule has 0 fully saturated rings. The summed E-state index contributed by atoms with van der Waals surface area (Å²) < 4.78 is 27.5. The molecule has 6 nitrogen and oxygen atoms in total. The molecular weight excluding hydrogens is 332 g/mol. The van der Waals surface area contributed by atoms with Gasteiger partial charge in [0.05, 0.1) is 10.6 Å². The summed E-state index contributed by atoms with van der Waals surface area (Å²) in [5.41, 5.74) is 2.76. The van der Waals surface area contributed by atoms with Gasteiger partial charge >= 0.3 is 0 Å². The second-order valence-electron chi connectivity index (χ2n) is 3.61. The number of benzene rings is 1. The Morgan fingerprint density at radius 1 is 1.21 bits per heavy atom. The minimum Gasteiger partial charge on any atom is -0.308 e. The van der Waals surface area contributed by atoms with E-state index in [9.17, 15) is 8.42 Å². The molecule has 0 aliphatic heterocycles. The molecule has 0 radical (unpaired) electrons. The normalized spacial score (nSPS) is 11.1. The first-order valence-corrected chi connectivity index (χ1v) is 7.50.